The first-order valence-corrected chi connectivity index (χ1v) is 3.06. The van der Waals surface area contributed by atoms with Gasteiger partial charge in [-0.3, -0.25) is 0 Å². The molecule has 1 aromatic heterocycles. The van der Waals surface area contributed by atoms with E-state index in [-0.39, 0.29) is 5.69 Å². The van der Waals surface area contributed by atoms with E-state index in [1.807, 2.05) is 0 Å². The molecule has 0 bridgehead atoms. The Bertz CT molecular complexity index is 278. The predicted octanol–water partition coefficient (Wildman–Crippen LogP) is 2.05. The van der Waals surface area contributed by atoms with Gasteiger partial charge in [0.25, 0.3) is 0 Å². The number of aromatic nitrogens is 2. The lowest BCUT2D eigenvalue weighted by molar-refractivity contribution is -0.0689. The lowest BCUT2D eigenvalue weighted by atomic mass is 10.2. The van der Waals surface area contributed by atoms with Crippen molar-refractivity contribution in [2.24, 2.45) is 0 Å². The second-order valence-electron chi connectivity index (χ2n) is 2.09. The van der Waals surface area contributed by atoms with Gasteiger partial charge < -0.3 is 0 Å². The number of allylic oxidation sites excluding steroid dienone is 1. The summed E-state index contributed by atoms with van der Waals surface area (Å²) in [6, 6.07) is 2.59. The van der Waals surface area contributed by atoms with E-state index in [4.69, 9.17) is 0 Å². The molecule has 1 rings (SSSR count). The third-order valence-corrected chi connectivity index (χ3v) is 1.22. The third kappa shape index (κ3) is 1.81. The van der Waals surface area contributed by atoms with Crippen molar-refractivity contribution in [2.75, 3.05) is 0 Å². The van der Waals surface area contributed by atoms with Crippen molar-refractivity contribution < 1.29 is 13.2 Å². The van der Waals surface area contributed by atoms with Gasteiger partial charge in [-0.05, 0) is 12.1 Å². The van der Waals surface area contributed by atoms with E-state index in [0.717, 1.165) is 0 Å². The van der Waals surface area contributed by atoms with E-state index in [1.54, 1.807) is 0 Å². The smallest absolute Gasteiger partial charge is 0.166 e. The summed E-state index contributed by atoms with van der Waals surface area (Å²) in [7, 11) is 0. The molecule has 2 nitrogen and oxygen atoms in total. The van der Waals surface area contributed by atoms with Crippen LogP contribution in [0.15, 0.2) is 24.9 Å². The van der Waals surface area contributed by atoms with Crippen LogP contribution in [-0.2, 0) is 0 Å². The Morgan fingerprint density at radius 2 is 2.08 bits per heavy atom. The molecule has 0 unspecified atom stereocenters. The number of rotatable bonds is 1. The van der Waals surface area contributed by atoms with Gasteiger partial charge in [0.1, 0.15) is 0 Å². The molecule has 0 fully saturated rings. The van der Waals surface area contributed by atoms with E-state index in [2.05, 4.69) is 16.8 Å². The minimum absolute atomic E-state index is 0.245. The Morgan fingerprint density at radius 3 is 2.50 bits per heavy atom. The molecule has 1 heterocycles. The van der Waals surface area contributed by atoms with E-state index < -0.39 is 11.7 Å². The molecule has 0 aromatic carbocycles. The molecule has 0 spiro atoms. The fourth-order valence-electron chi connectivity index (χ4n) is 0.608. The standard InChI is InChI=1S/C7H5F3N2/c1-5(7(8,9)10)6-3-2-4-11-12-6/h2-4H,1H2. The molecule has 0 saturated carbocycles. The Morgan fingerprint density at radius 1 is 1.42 bits per heavy atom. The molecule has 0 radical (unpaired) electrons. The molecule has 1 aromatic rings. The van der Waals surface area contributed by atoms with E-state index in [9.17, 15) is 13.2 Å². The van der Waals surface area contributed by atoms with Crippen LogP contribution in [0.25, 0.3) is 5.57 Å². The first-order valence-electron chi connectivity index (χ1n) is 3.06. The van der Waals surface area contributed by atoms with Gasteiger partial charge in [-0.25, -0.2) is 0 Å². The number of hydrogen-bond acceptors (Lipinski definition) is 2. The molecule has 0 saturated heterocycles. The molecule has 5 heteroatoms. The van der Waals surface area contributed by atoms with Crippen LogP contribution in [0.5, 0.6) is 0 Å². The third-order valence-electron chi connectivity index (χ3n) is 1.22. The highest BCUT2D eigenvalue weighted by molar-refractivity contribution is 5.63. The fourth-order valence-corrected chi connectivity index (χ4v) is 0.608. The molecule has 0 amide bonds. The van der Waals surface area contributed by atoms with Crippen LogP contribution in [0, 0.1) is 0 Å². The molecular weight excluding hydrogens is 169 g/mol. The Hall–Kier alpha value is -1.39. The van der Waals surface area contributed by atoms with Gasteiger partial charge in [0.2, 0.25) is 0 Å². The zero-order valence-corrected chi connectivity index (χ0v) is 5.97. The number of halogens is 3. The summed E-state index contributed by atoms with van der Waals surface area (Å²) in [5.41, 5.74) is -1.22. The van der Waals surface area contributed by atoms with Gasteiger partial charge >= 0.3 is 6.18 Å². The maximum absolute atomic E-state index is 12.0. The van der Waals surface area contributed by atoms with Crippen LogP contribution >= 0.6 is 0 Å². The quantitative estimate of drug-likeness (QED) is 0.651. The van der Waals surface area contributed by atoms with Gasteiger partial charge in [-0.15, -0.1) is 0 Å². The zero-order chi connectivity index (χ0) is 9.19. The van der Waals surface area contributed by atoms with Crippen LogP contribution in [0.1, 0.15) is 5.69 Å². The van der Waals surface area contributed by atoms with Gasteiger partial charge in [-0.2, -0.15) is 23.4 Å². The van der Waals surface area contributed by atoms with E-state index in [0.29, 0.717) is 0 Å². The highest BCUT2D eigenvalue weighted by atomic mass is 19.4. The van der Waals surface area contributed by atoms with Crippen molar-refractivity contribution in [3.8, 4) is 0 Å². The molecule has 0 aliphatic heterocycles. The van der Waals surface area contributed by atoms with Crippen LogP contribution in [0.2, 0.25) is 0 Å². The summed E-state index contributed by atoms with van der Waals surface area (Å²) >= 11 is 0. The van der Waals surface area contributed by atoms with Crippen molar-refractivity contribution in [1.82, 2.24) is 10.2 Å². The van der Waals surface area contributed by atoms with Gasteiger partial charge in [-0.1, -0.05) is 6.58 Å². The summed E-state index contributed by atoms with van der Waals surface area (Å²) in [4.78, 5) is 0. The average molecular weight is 174 g/mol. The number of hydrogen-bond donors (Lipinski definition) is 0. The van der Waals surface area contributed by atoms with Crippen LogP contribution < -0.4 is 0 Å². The predicted molar refractivity (Wildman–Crippen MR) is 37.1 cm³/mol. The Kier molecular flexibility index (Phi) is 2.12. The minimum Gasteiger partial charge on any atom is -0.166 e. The molecule has 0 aliphatic carbocycles. The van der Waals surface area contributed by atoms with Gasteiger partial charge in [0.05, 0.1) is 11.3 Å². The summed E-state index contributed by atoms with van der Waals surface area (Å²) in [6.07, 6.45) is -3.14. The summed E-state index contributed by atoms with van der Waals surface area (Å²) < 4.78 is 35.9. The fraction of sp³-hybridized carbons (Fsp3) is 0.143. The van der Waals surface area contributed by atoms with Crippen molar-refractivity contribution in [1.29, 1.82) is 0 Å². The highest BCUT2D eigenvalue weighted by Gasteiger charge is 2.33. The van der Waals surface area contributed by atoms with Gasteiger partial charge in [0.15, 0.2) is 0 Å². The first-order chi connectivity index (χ1) is 5.52. The molecule has 0 N–H and O–H groups in total. The highest BCUT2D eigenvalue weighted by Crippen LogP contribution is 2.30. The van der Waals surface area contributed by atoms with E-state index >= 15 is 0 Å². The maximum Gasteiger partial charge on any atom is 0.417 e. The molecule has 0 aliphatic rings. The molecule has 0 atom stereocenters. The van der Waals surface area contributed by atoms with Crippen molar-refractivity contribution in [2.45, 2.75) is 6.18 Å². The second kappa shape index (κ2) is 2.92. The Balaban J connectivity index is 2.94. The normalized spacial score (nSPS) is 11.2. The summed E-state index contributed by atoms with van der Waals surface area (Å²) in [6.45, 7) is 2.87. The largest absolute Gasteiger partial charge is 0.417 e. The number of alkyl halides is 3. The molecule has 64 valence electrons. The second-order valence-corrected chi connectivity index (χ2v) is 2.09. The maximum atomic E-state index is 12.0. The monoisotopic (exact) mass is 174 g/mol. The summed E-state index contributed by atoms with van der Waals surface area (Å²) in [5.74, 6) is 0. The zero-order valence-electron chi connectivity index (χ0n) is 5.97. The van der Waals surface area contributed by atoms with Crippen LogP contribution in [-0.4, -0.2) is 16.4 Å². The molecule has 12 heavy (non-hydrogen) atoms. The topological polar surface area (TPSA) is 25.8 Å². The van der Waals surface area contributed by atoms with Crippen LogP contribution in [0.3, 0.4) is 0 Å². The van der Waals surface area contributed by atoms with E-state index in [1.165, 1.54) is 18.3 Å². The van der Waals surface area contributed by atoms with Crippen molar-refractivity contribution in [3.63, 3.8) is 0 Å². The number of nitrogens with zero attached hydrogens (tertiary/aromatic N) is 2. The molecular formula is C7H5F3N2. The van der Waals surface area contributed by atoms with Crippen molar-refractivity contribution >= 4 is 5.57 Å². The first kappa shape index (κ1) is 8.70. The summed E-state index contributed by atoms with van der Waals surface area (Å²) in [5, 5.41) is 6.58. The lowest BCUT2D eigenvalue weighted by Gasteiger charge is -2.07. The van der Waals surface area contributed by atoms with Crippen molar-refractivity contribution in [3.05, 3.63) is 30.6 Å². The average Bonchev–Trinajstić information content (AvgIpc) is 2.03. The minimum atomic E-state index is -4.43. The van der Waals surface area contributed by atoms with Crippen LogP contribution in [0.4, 0.5) is 13.2 Å². The Labute approximate surface area is 66.7 Å². The van der Waals surface area contributed by atoms with Gasteiger partial charge in [0, 0.05) is 6.20 Å². The lowest BCUT2D eigenvalue weighted by Crippen LogP contribution is -2.10. The SMILES string of the molecule is C=C(c1cccnn1)C(F)(F)F.